The monoisotopic (exact) mass is 355 g/mol. The van der Waals surface area contributed by atoms with Gasteiger partial charge in [0.25, 0.3) is 11.8 Å². The van der Waals surface area contributed by atoms with Gasteiger partial charge in [-0.2, -0.15) is 0 Å². The lowest BCUT2D eigenvalue weighted by Gasteiger charge is -2.26. The zero-order chi connectivity index (χ0) is 18.7. The number of nitrogens with zero attached hydrogens (tertiary/aromatic N) is 1. The Kier molecular flexibility index (Phi) is 5.06. The van der Waals surface area contributed by atoms with E-state index in [0.29, 0.717) is 35.6 Å². The predicted octanol–water partition coefficient (Wildman–Crippen LogP) is 2.49. The molecule has 3 amide bonds. The predicted molar refractivity (Wildman–Crippen MR) is 95.8 cm³/mol. The molecule has 2 aromatic rings. The maximum atomic E-state index is 12.2. The lowest BCUT2D eigenvalue weighted by Crippen LogP contribution is -2.41. The highest BCUT2D eigenvalue weighted by atomic mass is 16.3. The second-order valence-corrected chi connectivity index (χ2v) is 6.28. The van der Waals surface area contributed by atoms with Crippen LogP contribution in [0.25, 0.3) is 0 Å². The Morgan fingerprint density at radius 1 is 1.04 bits per heavy atom. The molecular formula is C19H21N3O4. The molecular weight excluding hydrogens is 334 g/mol. The summed E-state index contributed by atoms with van der Waals surface area (Å²) in [6.45, 7) is 4.13. The number of anilines is 1. The molecule has 26 heavy (non-hydrogen) atoms. The molecule has 0 aliphatic carbocycles. The highest BCUT2D eigenvalue weighted by Crippen LogP contribution is 2.21. The largest absolute Gasteiger partial charge is 0.466 e. The van der Waals surface area contributed by atoms with Crippen LogP contribution in [-0.2, 0) is 4.79 Å². The molecule has 1 saturated heterocycles. The molecule has 2 N–H and O–H groups in total. The number of hydrogen-bond acceptors (Lipinski definition) is 4. The molecule has 2 heterocycles. The molecule has 1 aromatic carbocycles. The fraction of sp³-hybridized carbons (Fsp3) is 0.316. The summed E-state index contributed by atoms with van der Waals surface area (Å²) in [4.78, 5) is 38.0. The van der Waals surface area contributed by atoms with Gasteiger partial charge in [-0.3, -0.25) is 25.2 Å². The summed E-state index contributed by atoms with van der Waals surface area (Å²) in [6, 6.07) is 8.35. The van der Waals surface area contributed by atoms with Crippen molar-refractivity contribution in [3.8, 4) is 0 Å². The highest BCUT2D eigenvalue weighted by molar-refractivity contribution is 6.00. The van der Waals surface area contributed by atoms with Crippen molar-refractivity contribution < 1.29 is 18.8 Å². The number of carbonyl (C=O) groups is 3. The molecule has 0 spiro atoms. The number of hydrazine groups is 1. The van der Waals surface area contributed by atoms with E-state index in [1.54, 1.807) is 49.1 Å². The number of benzene rings is 1. The van der Waals surface area contributed by atoms with E-state index in [-0.39, 0.29) is 5.91 Å². The Balaban J connectivity index is 1.60. The van der Waals surface area contributed by atoms with E-state index in [2.05, 4.69) is 10.9 Å². The fourth-order valence-corrected chi connectivity index (χ4v) is 2.98. The number of aryl methyl sites for hydroxylation is 2. The lowest BCUT2D eigenvalue weighted by molar-refractivity contribution is -0.119. The molecule has 136 valence electrons. The van der Waals surface area contributed by atoms with Crippen LogP contribution in [0.1, 0.15) is 51.5 Å². The second kappa shape index (κ2) is 7.43. The van der Waals surface area contributed by atoms with Crippen LogP contribution in [0.2, 0.25) is 0 Å². The summed E-state index contributed by atoms with van der Waals surface area (Å²) < 4.78 is 5.30. The Bertz CT molecular complexity index is 839. The Labute approximate surface area is 151 Å². The van der Waals surface area contributed by atoms with Crippen molar-refractivity contribution in [2.24, 2.45) is 0 Å². The van der Waals surface area contributed by atoms with Crippen molar-refractivity contribution in [3.05, 3.63) is 53.0 Å². The van der Waals surface area contributed by atoms with E-state index in [4.69, 9.17) is 4.42 Å². The van der Waals surface area contributed by atoms with Crippen LogP contribution in [0.5, 0.6) is 0 Å². The number of carbonyl (C=O) groups excluding carboxylic acids is 3. The third kappa shape index (κ3) is 3.77. The lowest BCUT2D eigenvalue weighted by atomic mass is 10.1. The van der Waals surface area contributed by atoms with Gasteiger partial charge in [-0.1, -0.05) is 0 Å². The number of rotatable bonds is 3. The van der Waals surface area contributed by atoms with Gasteiger partial charge in [0.15, 0.2) is 0 Å². The van der Waals surface area contributed by atoms with E-state index >= 15 is 0 Å². The van der Waals surface area contributed by atoms with Crippen molar-refractivity contribution in [1.82, 2.24) is 10.9 Å². The Morgan fingerprint density at radius 3 is 2.35 bits per heavy atom. The van der Waals surface area contributed by atoms with Crippen LogP contribution in [-0.4, -0.2) is 24.3 Å². The molecule has 1 aliphatic rings. The summed E-state index contributed by atoms with van der Waals surface area (Å²) in [5.74, 6) is 0.342. The first-order chi connectivity index (χ1) is 12.5. The molecule has 0 radical (unpaired) electrons. The van der Waals surface area contributed by atoms with Crippen molar-refractivity contribution in [2.75, 3.05) is 11.4 Å². The van der Waals surface area contributed by atoms with Crippen molar-refractivity contribution in [3.63, 3.8) is 0 Å². The quantitative estimate of drug-likeness (QED) is 0.828. The van der Waals surface area contributed by atoms with Crippen LogP contribution in [0.3, 0.4) is 0 Å². The van der Waals surface area contributed by atoms with Gasteiger partial charge in [0.2, 0.25) is 5.91 Å². The molecule has 1 aliphatic heterocycles. The van der Waals surface area contributed by atoms with Gasteiger partial charge < -0.3 is 9.32 Å². The molecule has 3 rings (SSSR count). The summed E-state index contributed by atoms with van der Waals surface area (Å²) in [7, 11) is 0. The van der Waals surface area contributed by atoms with Gasteiger partial charge in [-0.15, -0.1) is 0 Å². The first kappa shape index (κ1) is 17.7. The summed E-state index contributed by atoms with van der Waals surface area (Å²) >= 11 is 0. The van der Waals surface area contributed by atoms with Gasteiger partial charge in [-0.25, -0.2) is 0 Å². The maximum absolute atomic E-state index is 12.2. The minimum Gasteiger partial charge on any atom is -0.466 e. The minimum atomic E-state index is -0.441. The van der Waals surface area contributed by atoms with Crippen LogP contribution >= 0.6 is 0 Å². The molecule has 0 atom stereocenters. The van der Waals surface area contributed by atoms with Gasteiger partial charge in [0, 0.05) is 24.2 Å². The summed E-state index contributed by atoms with van der Waals surface area (Å²) in [5, 5.41) is 0. The van der Waals surface area contributed by atoms with Crippen LogP contribution < -0.4 is 15.8 Å². The second-order valence-electron chi connectivity index (χ2n) is 6.28. The minimum absolute atomic E-state index is 0.103. The van der Waals surface area contributed by atoms with Crippen molar-refractivity contribution in [2.45, 2.75) is 33.1 Å². The first-order valence-corrected chi connectivity index (χ1v) is 8.54. The Morgan fingerprint density at radius 2 is 1.73 bits per heavy atom. The molecule has 7 heteroatoms. The molecule has 7 nitrogen and oxygen atoms in total. The van der Waals surface area contributed by atoms with Crippen LogP contribution in [0.4, 0.5) is 5.69 Å². The number of furan rings is 1. The normalized spacial score (nSPS) is 14.2. The van der Waals surface area contributed by atoms with Crippen LogP contribution in [0.15, 0.2) is 34.7 Å². The van der Waals surface area contributed by atoms with Crippen molar-refractivity contribution >= 4 is 23.4 Å². The van der Waals surface area contributed by atoms with E-state index in [0.717, 1.165) is 18.5 Å². The van der Waals surface area contributed by atoms with Gasteiger partial charge in [0.1, 0.15) is 11.5 Å². The third-order valence-electron chi connectivity index (χ3n) is 4.34. The number of piperidine rings is 1. The maximum Gasteiger partial charge on any atom is 0.273 e. The van der Waals surface area contributed by atoms with E-state index < -0.39 is 11.8 Å². The smallest absolute Gasteiger partial charge is 0.273 e. The third-order valence-corrected chi connectivity index (χ3v) is 4.34. The first-order valence-electron chi connectivity index (χ1n) is 8.54. The number of amides is 3. The van der Waals surface area contributed by atoms with E-state index in [1.807, 2.05) is 0 Å². The zero-order valence-corrected chi connectivity index (χ0v) is 14.8. The van der Waals surface area contributed by atoms with Crippen LogP contribution in [0, 0.1) is 13.8 Å². The Hall–Kier alpha value is -3.09. The average molecular weight is 355 g/mol. The molecule has 0 bridgehead atoms. The highest BCUT2D eigenvalue weighted by Gasteiger charge is 2.20. The van der Waals surface area contributed by atoms with E-state index in [9.17, 15) is 14.4 Å². The fourth-order valence-electron chi connectivity index (χ4n) is 2.98. The molecule has 1 aromatic heterocycles. The van der Waals surface area contributed by atoms with E-state index in [1.165, 1.54) is 0 Å². The molecule has 1 fully saturated rings. The van der Waals surface area contributed by atoms with Gasteiger partial charge >= 0.3 is 0 Å². The SMILES string of the molecule is Cc1cc(C(=O)NNC(=O)c2ccc(N3CCCCC3=O)cc2)c(C)o1. The van der Waals surface area contributed by atoms with Crippen molar-refractivity contribution in [1.29, 1.82) is 0 Å². The van der Waals surface area contributed by atoms with Gasteiger partial charge in [0.05, 0.1) is 5.56 Å². The summed E-state index contributed by atoms with van der Waals surface area (Å²) in [6.07, 6.45) is 2.46. The number of hydrogen-bond donors (Lipinski definition) is 2. The molecule has 0 unspecified atom stereocenters. The standard InChI is InChI=1S/C19H21N3O4/c1-12-11-16(13(2)26-12)19(25)21-20-18(24)14-6-8-15(9-7-14)22-10-4-3-5-17(22)23/h6-9,11H,3-5,10H2,1-2H3,(H,20,24)(H,21,25). The average Bonchev–Trinajstić information content (AvgIpc) is 2.98. The summed E-state index contributed by atoms with van der Waals surface area (Å²) in [5.41, 5.74) is 6.30. The van der Waals surface area contributed by atoms with Gasteiger partial charge in [-0.05, 0) is 57.0 Å². The number of nitrogens with one attached hydrogen (secondary N) is 2. The topological polar surface area (TPSA) is 91.7 Å². The zero-order valence-electron chi connectivity index (χ0n) is 14.8. The molecule has 0 saturated carbocycles.